The van der Waals surface area contributed by atoms with E-state index < -0.39 is 5.41 Å². The molecule has 4 heteroatoms. The maximum Gasteiger partial charge on any atom is 0.235 e. The van der Waals surface area contributed by atoms with Crippen LogP contribution < -0.4 is 0 Å². The van der Waals surface area contributed by atoms with Crippen molar-refractivity contribution in [1.82, 2.24) is 14.5 Å². The lowest BCUT2D eigenvalue weighted by Crippen LogP contribution is -2.30. The topological polar surface area (TPSA) is 30.7 Å². The van der Waals surface area contributed by atoms with E-state index in [1.807, 2.05) is 6.20 Å². The minimum atomic E-state index is -0.409. The number of nitrogens with zero attached hydrogens (tertiary/aromatic N) is 3. The summed E-state index contributed by atoms with van der Waals surface area (Å²) in [4.78, 5) is 10.3. The highest BCUT2D eigenvalue weighted by Crippen LogP contribution is 2.61. The SMILES string of the molecule is c1ccc2c(c1)-c1ccccc1C21c2cccc3ccc4c(c23)c2c1cccc2n4-c1ncc2sc3ccccc3c2n1. The van der Waals surface area contributed by atoms with Crippen molar-refractivity contribution in [3.63, 3.8) is 0 Å². The number of hydrogen-bond donors (Lipinski definition) is 0. The van der Waals surface area contributed by atoms with Crippen molar-refractivity contribution in [1.29, 1.82) is 0 Å². The Morgan fingerprint density at radius 3 is 2.05 bits per heavy atom. The molecule has 0 amide bonds. The molecule has 0 saturated carbocycles. The third-order valence-corrected chi connectivity index (χ3v) is 11.0. The van der Waals surface area contributed by atoms with Gasteiger partial charge in [-0.2, -0.15) is 0 Å². The highest BCUT2D eigenvalue weighted by molar-refractivity contribution is 7.25. The van der Waals surface area contributed by atoms with E-state index in [0.29, 0.717) is 5.95 Å². The van der Waals surface area contributed by atoms with Crippen LogP contribution in [0.3, 0.4) is 0 Å². The summed E-state index contributed by atoms with van der Waals surface area (Å²) in [6.07, 6.45) is 2.00. The molecule has 0 unspecified atom stereocenters. The summed E-state index contributed by atoms with van der Waals surface area (Å²) in [5.41, 5.74) is 10.9. The standard InChI is InChI=1S/C39H21N3S/c1-4-13-26-23(10-1)24-11-2-5-14-27(24)39(26)28-15-7-9-22-19-20-31-36(34(22)28)35-29(39)16-8-17-30(35)42(31)38-40-21-33-37(41-38)25-12-3-6-18-32(25)43-33/h1-21H. The van der Waals surface area contributed by atoms with Crippen molar-refractivity contribution in [2.75, 3.05) is 0 Å². The van der Waals surface area contributed by atoms with Gasteiger partial charge in [-0.3, -0.25) is 4.57 Å². The molecule has 198 valence electrons. The van der Waals surface area contributed by atoms with Gasteiger partial charge in [-0.05, 0) is 62.4 Å². The first-order chi connectivity index (χ1) is 21.3. The van der Waals surface area contributed by atoms with Crippen molar-refractivity contribution >= 4 is 64.2 Å². The molecule has 0 aliphatic heterocycles. The molecular weight excluding hydrogens is 543 g/mol. The van der Waals surface area contributed by atoms with Crippen LogP contribution in [-0.2, 0) is 5.41 Å². The Labute approximate surface area is 250 Å². The minimum absolute atomic E-state index is 0.409. The molecule has 3 heterocycles. The number of benzene rings is 6. The molecule has 0 bridgehead atoms. The summed E-state index contributed by atoms with van der Waals surface area (Å²) in [6.45, 7) is 0. The van der Waals surface area contributed by atoms with Crippen molar-refractivity contribution < 1.29 is 0 Å². The monoisotopic (exact) mass is 563 g/mol. The average Bonchev–Trinajstić information content (AvgIpc) is 3.70. The van der Waals surface area contributed by atoms with Gasteiger partial charge in [-0.25, -0.2) is 9.97 Å². The Balaban J connectivity index is 1.35. The summed E-state index contributed by atoms with van der Waals surface area (Å²) in [5.74, 6) is 0.716. The van der Waals surface area contributed by atoms with Gasteiger partial charge in [0.25, 0.3) is 0 Å². The Morgan fingerprint density at radius 1 is 0.535 bits per heavy atom. The van der Waals surface area contributed by atoms with E-state index in [0.717, 1.165) is 21.3 Å². The summed E-state index contributed by atoms with van der Waals surface area (Å²) in [7, 11) is 0. The number of aromatic nitrogens is 3. The van der Waals surface area contributed by atoms with E-state index in [-0.39, 0.29) is 0 Å². The lowest BCUT2D eigenvalue weighted by molar-refractivity contribution is 0.783. The Hall–Kier alpha value is -5.32. The zero-order valence-electron chi connectivity index (χ0n) is 22.9. The largest absolute Gasteiger partial charge is 0.278 e. The van der Waals surface area contributed by atoms with Crippen LogP contribution >= 0.6 is 11.3 Å². The first kappa shape index (κ1) is 22.3. The molecule has 2 aliphatic rings. The van der Waals surface area contributed by atoms with E-state index in [9.17, 15) is 0 Å². The Kier molecular flexibility index (Phi) is 3.91. The van der Waals surface area contributed by atoms with Gasteiger partial charge in [0.1, 0.15) is 0 Å². The van der Waals surface area contributed by atoms with Gasteiger partial charge < -0.3 is 0 Å². The van der Waals surface area contributed by atoms with Crippen molar-refractivity contribution in [3.05, 3.63) is 150 Å². The third-order valence-electron chi connectivity index (χ3n) is 9.86. The van der Waals surface area contributed by atoms with Crippen molar-refractivity contribution in [2.45, 2.75) is 5.41 Å². The van der Waals surface area contributed by atoms with Gasteiger partial charge in [0.2, 0.25) is 5.95 Å². The summed E-state index contributed by atoms with van der Waals surface area (Å²) in [6, 6.07) is 44.7. The molecule has 0 atom stereocenters. The minimum Gasteiger partial charge on any atom is -0.278 e. The molecule has 6 aromatic carbocycles. The maximum atomic E-state index is 5.26. The van der Waals surface area contributed by atoms with Gasteiger partial charge in [0.15, 0.2) is 0 Å². The van der Waals surface area contributed by atoms with Crippen LogP contribution in [0.4, 0.5) is 0 Å². The average molecular weight is 564 g/mol. The summed E-state index contributed by atoms with van der Waals surface area (Å²) < 4.78 is 4.64. The molecule has 1 spiro atoms. The summed E-state index contributed by atoms with van der Waals surface area (Å²) in [5, 5.41) is 6.37. The smallest absolute Gasteiger partial charge is 0.235 e. The Bertz CT molecular complexity index is 2650. The number of thiophene rings is 1. The van der Waals surface area contributed by atoms with Crippen molar-refractivity contribution in [2.24, 2.45) is 0 Å². The third kappa shape index (κ3) is 2.47. The predicted octanol–water partition coefficient (Wildman–Crippen LogP) is 9.77. The molecule has 0 radical (unpaired) electrons. The lowest BCUT2D eigenvalue weighted by Gasteiger charge is -2.37. The fraction of sp³-hybridized carbons (Fsp3) is 0.0256. The molecule has 2 aliphatic carbocycles. The molecule has 0 N–H and O–H groups in total. The fourth-order valence-electron chi connectivity index (χ4n) is 8.33. The second-order valence-electron chi connectivity index (χ2n) is 11.7. The number of fused-ring (bicyclic) bond motifs is 10. The van der Waals surface area contributed by atoms with E-state index in [4.69, 9.17) is 9.97 Å². The quantitative estimate of drug-likeness (QED) is 0.199. The lowest BCUT2D eigenvalue weighted by atomic mass is 9.63. The second kappa shape index (κ2) is 7.54. The van der Waals surface area contributed by atoms with Gasteiger partial charge in [-0.1, -0.05) is 103 Å². The normalized spacial score (nSPS) is 14.2. The van der Waals surface area contributed by atoms with Crippen LogP contribution in [0.15, 0.2) is 128 Å². The summed E-state index contributed by atoms with van der Waals surface area (Å²) >= 11 is 1.75. The highest BCUT2D eigenvalue weighted by Gasteiger charge is 2.49. The molecular formula is C39H21N3S. The van der Waals surface area contributed by atoms with Gasteiger partial charge in [0.05, 0.1) is 32.9 Å². The highest BCUT2D eigenvalue weighted by atomic mass is 32.1. The van der Waals surface area contributed by atoms with Crippen LogP contribution in [0.2, 0.25) is 0 Å². The number of hydrogen-bond acceptors (Lipinski definition) is 3. The maximum absolute atomic E-state index is 5.26. The number of rotatable bonds is 1. The first-order valence-corrected chi connectivity index (χ1v) is 15.5. The van der Waals surface area contributed by atoms with Crippen LogP contribution in [0, 0.1) is 0 Å². The zero-order chi connectivity index (χ0) is 27.9. The molecule has 9 aromatic rings. The molecule has 3 nitrogen and oxygen atoms in total. The van der Waals surface area contributed by atoms with E-state index in [2.05, 4.69) is 126 Å². The van der Waals surface area contributed by atoms with Gasteiger partial charge >= 0.3 is 0 Å². The second-order valence-corrected chi connectivity index (χ2v) is 12.8. The van der Waals surface area contributed by atoms with Crippen molar-refractivity contribution in [3.8, 4) is 17.1 Å². The predicted molar refractivity (Wildman–Crippen MR) is 178 cm³/mol. The van der Waals surface area contributed by atoms with E-state index in [1.165, 1.54) is 65.0 Å². The van der Waals surface area contributed by atoms with Crippen LogP contribution in [-0.4, -0.2) is 14.5 Å². The molecule has 11 rings (SSSR count). The van der Waals surface area contributed by atoms with Gasteiger partial charge in [0, 0.05) is 20.9 Å². The van der Waals surface area contributed by atoms with E-state index >= 15 is 0 Å². The van der Waals surface area contributed by atoms with Crippen LogP contribution in [0.1, 0.15) is 22.3 Å². The van der Waals surface area contributed by atoms with E-state index in [1.54, 1.807) is 11.3 Å². The fourth-order valence-corrected chi connectivity index (χ4v) is 9.35. The van der Waals surface area contributed by atoms with Gasteiger partial charge in [-0.15, -0.1) is 11.3 Å². The molecule has 0 saturated heterocycles. The molecule has 0 fully saturated rings. The zero-order valence-corrected chi connectivity index (χ0v) is 23.7. The molecule has 43 heavy (non-hydrogen) atoms. The van der Waals surface area contributed by atoms with Crippen LogP contribution in [0.5, 0.6) is 0 Å². The Morgan fingerprint density at radius 2 is 1.21 bits per heavy atom. The molecule has 3 aromatic heterocycles. The first-order valence-electron chi connectivity index (χ1n) is 14.7. The van der Waals surface area contributed by atoms with Crippen LogP contribution in [0.25, 0.3) is 70.0 Å².